The molecular formula is C18H19ClN2O. The van der Waals surface area contributed by atoms with Crippen molar-refractivity contribution in [1.82, 2.24) is 10.6 Å². The zero-order chi connectivity index (χ0) is 15.4. The number of amides is 2. The first-order chi connectivity index (χ1) is 10.7. The van der Waals surface area contributed by atoms with Gasteiger partial charge < -0.3 is 10.6 Å². The molecule has 22 heavy (non-hydrogen) atoms. The van der Waals surface area contributed by atoms with Crippen molar-refractivity contribution < 1.29 is 4.79 Å². The Morgan fingerprint density at radius 1 is 1.05 bits per heavy atom. The van der Waals surface area contributed by atoms with Crippen LogP contribution in [0.3, 0.4) is 0 Å². The first kappa shape index (κ1) is 14.9. The maximum atomic E-state index is 12.0. The average molecular weight is 315 g/mol. The molecule has 2 amide bonds. The van der Waals surface area contributed by atoms with E-state index >= 15 is 0 Å². The molecule has 0 heterocycles. The zero-order valence-corrected chi connectivity index (χ0v) is 13.1. The molecule has 114 valence electrons. The van der Waals surface area contributed by atoms with Crippen LogP contribution in [-0.2, 0) is 12.0 Å². The molecule has 2 aromatic rings. The number of benzene rings is 2. The normalized spacial score (nSPS) is 15.1. The van der Waals surface area contributed by atoms with Gasteiger partial charge in [-0.3, -0.25) is 0 Å². The van der Waals surface area contributed by atoms with Crippen LogP contribution in [0.4, 0.5) is 4.79 Å². The summed E-state index contributed by atoms with van der Waals surface area (Å²) in [5.41, 5.74) is 2.44. The van der Waals surface area contributed by atoms with Gasteiger partial charge in [-0.1, -0.05) is 54.1 Å². The number of urea groups is 1. The predicted molar refractivity (Wildman–Crippen MR) is 89.0 cm³/mol. The van der Waals surface area contributed by atoms with E-state index in [0.717, 1.165) is 18.4 Å². The summed E-state index contributed by atoms with van der Waals surface area (Å²) in [5, 5.41) is 6.54. The van der Waals surface area contributed by atoms with Crippen LogP contribution in [0.5, 0.6) is 0 Å². The van der Waals surface area contributed by atoms with Crippen LogP contribution < -0.4 is 10.6 Å². The molecule has 4 heteroatoms. The Morgan fingerprint density at radius 2 is 1.82 bits per heavy atom. The number of carbonyl (C=O) groups is 1. The summed E-state index contributed by atoms with van der Waals surface area (Å²) in [6.07, 6.45) is 2.26. The largest absolute Gasteiger partial charge is 0.337 e. The summed E-state index contributed by atoms with van der Waals surface area (Å²) in [7, 11) is 0. The molecule has 1 saturated carbocycles. The fraction of sp³-hybridized carbons (Fsp3) is 0.278. The minimum atomic E-state index is -0.137. The first-order valence-corrected chi connectivity index (χ1v) is 7.87. The van der Waals surface area contributed by atoms with Crippen LogP contribution in [0.2, 0.25) is 5.02 Å². The molecule has 3 nitrogen and oxygen atoms in total. The van der Waals surface area contributed by atoms with Gasteiger partial charge in [0.1, 0.15) is 0 Å². The van der Waals surface area contributed by atoms with Crippen LogP contribution in [0.25, 0.3) is 0 Å². The predicted octanol–water partition coefficient (Wildman–Crippen LogP) is 3.87. The summed E-state index contributed by atoms with van der Waals surface area (Å²) in [6.45, 7) is 1.16. The fourth-order valence-corrected chi connectivity index (χ4v) is 2.86. The highest BCUT2D eigenvalue weighted by Gasteiger charge is 2.44. The molecule has 0 saturated heterocycles. The Kier molecular flexibility index (Phi) is 4.34. The lowest BCUT2D eigenvalue weighted by Gasteiger charge is -2.17. The van der Waals surface area contributed by atoms with Crippen molar-refractivity contribution in [3.63, 3.8) is 0 Å². The third-order valence-corrected chi connectivity index (χ3v) is 4.40. The molecule has 2 N–H and O–H groups in total. The number of rotatable bonds is 5. The second-order valence-corrected chi connectivity index (χ2v) is 6.25. The van der Waals surface area contributed by atoms with Crippen molar-refractivity contribution in [3.8, 4) is 0 Å². The second-order valence-electron chi connectivity index (χ2n) is 5.81. The van der Waals surface area contributed by atoms with Crippen LogP contribution >= 0.6 is 11.6 Å². The topological polar surface area (TPSA) is 41.1 Å². The minimum absolute atomic E-state index is 0.134. The van der Waals surface area contributed by atoms with Crippen molar-refractivity contribution in [1.29, 1.82) is 0 Å². The van der Waals surface area contributed by atoms with Crippen LogP contribution in [0, 0.1) is 0 Å². The van der Waals surface area contributed by atoms with Gasteiger partial charge in [-0.2, -0.15) is 0 Å². The molecule has 0 atom stereocenters. The maximum absolute atomic E-state index is 12.0. The molecule has 0 bridgehead atoms. The summed E-state index contributed by atoms with van der Waals surface area (Å²) < 4.78 is 0. The van der Waals surface area contributed by atoms with E-state index in [1.807, 2.05) is 30.3 Å². The Morgan fingerprint density at radius 3 is 2.50 bits per heavy atom. The molecule has 1 aliphatic carbocycles. The lowest BCUT2D eigenvalue weighted by atomic mass is 9.96. The summed E-state index contributed by atoms with van der Waals surface area (Å²) in [4.78, 5) is 12.0. The van der Waals surface area contributed by atoms with Gasteiger partial charge in [0.05, 0.1) is 0 Å². The van der Waals surface area contributed by atoms with E-state index in [0.29, 0.717) is 18.1 Å². The number of hydrogen-bond donors (Lipinski definition) is 2. The molecule has 0 spiro atoms. The van der Waals surface area contributed by atoms with Gasteiger partial charge in [0.15, 0.2) is 0 Å². The van der Waals surface area contributed by atoms with Crippen molar-refractivity contribution in [2.24, 2.45) is 0 Å². The Hall–Kier alpha value is -2.00. The first-order valence-electron chi connectivity index (χ1n) is 7.50. The number of nitrogens with one attached hydrogen (secondary N) is 2. The minimum Gasteiger partial charge on any atom is -0.337 e. The standard InChI is InChI=1S/C18H19ClN2O/c19-16-8-4-5-14(11-16)12-20-17(22)21-13-18(9-10-18)15-6-2-1-3-7-15/h1-8,11H,9-10,12-13H2,(H2,20,21,22). The lowest BCUT2D eigenvalue weighted by Crippen LogP contribution is -2.39. The van der Waals surface area contributed by atoms with Gasteiger partial charge in [0.2, 0.25) is 0 Å². The molecule has 2 aromatic carbocycles. The summed E-state index contributed by atoms with van der Waals surface area (Å²) in [6, 6.07) is 17.8. The van der Waals surface area contributed by atoms with Crippen molar-refractivity contribution in [3.05, 3.63) is 70.7 Å². The van der Waals surface area contributed by atoms with E-state index in [9.17, 15) is 4.79 Å². The van der Waals surface area contributed by atoms with Gasteiger partial charge in [-0.25, -0.2) is 4.79 Å². The third kappa shape index (κ3) is 3.60. The van der Waals surface area contributed by atoms with Crippen molar-refractivity contribution in [2.45, 2.75) is 24.8 Å². The highest BCUT2D eigenvalue weighted by Crippen LogP contribution is 2.47. The molecular weight excluding hydrogens is 296 g/mol. The zero-order valence-electron chi connectivity index (χ0n) is 12.3. The fourth-order valence-electron chi connectivity index (χ4n) is 2.65. The molecule has 0 aliphatic heterocycles. The number of halogens is 1. The maximum Gasteiger partial charge on any atom is 0.315 e. The molecule has 1 aliphatic rings. The van der Waals surface area contributed by atoms with E-state index in [1.54, 1.807) is 0 Å². The van der Waals surface area contributed by atoms with E-state index in [-0.39, 0.29) is 11.4 Å². The highest BCUT2D eigenvalue weighted by atomic mass is 35.5. The van der Waals surface area contributed by atoms with Crippen LogP contribution in [0.1, 0.15) is 24.0 Å². The number of carbonyl (C=O) groups excluding carboxylic acids is 1. The smallest absolute Gasteiger partial charge is 0.315 e. The third-order valence-electron chi connectivity index (χ3n) is 4.17. The van der Waals surface area contributed by atoms with Gasteiger partial charge in [0, 0.05) is 23.5 Å². The summed E-state index contributed by atoms with van der Waals surface area (Å²) >= 11 is 5.93. The number of hydrogen-bond acceptors (Lipinski definition) is 1. The quantitative estimate of drug-likeness (QED) is 0.864. The monoisotopic (exact) mass is 314 g/mol. The van der Waals surface area contributed by atoms with Gasteiger partial charge in [0.25, 0.3) is 0 Å². The van der Waals surface area contributed by atoms with E-state index in [1.165, 1.54) is 5.56 Å². The summed E-state index contributed by atoms with van der Waals surface area (Å²) in [5.74, 6) is 0. The lowest BCUT2D eigenvalue weighted by molar-refractivity contribution is 0.239. The van der Waals surface area contributed by atoms with Crippen molar-refractivity contribution >= 4 is 17.6 Å². The van der Waals surface area contributed by atoms with E-state index in [2.05, 4.69) is 34.9 Å². The Labute approximate surface area is 135 Å². The van der Waals surface area contributed by atoms with Gasteiger partial charge >= 0.3 is 6.03 Å². The highest BCUT2D eigenvalue weighted by molar-refractivity contribution is 6.30. The van der Waals surface area contributed by atoms with Gasteiger partial charge in [-0.15, -0.1) is 0 Å². The van der Waals surface area contributed by atoms with Crippen molar-refractivity contribution in [2.75, 3.05) is 6.54 Å². The average Bonchev–Trinajstić information content (AvgIpc) is 3.33. The molecule has 0 radical (unpaired) electrons. The SMILES string of the molecule is O=C(NCc1cccc(Cl)c1)NCC1(c2ccccc2)CC1. The molecule has 0 unspecified atom stereocenters. The van der Waals surface area contributed by atoms with E-state index in [4.69, 9.17) is 11.6 Å². The second kappa shape index (κ2) is 6.41. The molecule has 0 aromatic heterocycles. The van der Waals surface area contributed by atoms with Crippen LogP contribution in [-0.4, -0.2) is 12.6 Å². The van der Waals surface area contributed by atoms with Crippen LogP contribution in [0.15, 0.2) is 54.6 Å². The van der Waals surface area contributed by atoms with Gasteiger partial charge in [-0.05, 0) is 36.1 Å². The van der Waals surface area contributed by atoms with E-state index < -0.39 is 0 Å². The Balaban J connectivity index is 1.49. The Bertz CT molecular complexity index is 653. The molecule has 1 fully saturated rings. The molecule has 3 rings (SSSR count).